The number of hydrogen-bond donors (Lipinski definition) is 2. The van der Waals surface area contributed by atoms with Gasteiger partial charge in [-0.3, -0.25) is 9.80 Å². The zero-order chi connectivity index (χ0) is 15.6. The Bertz CT molecular complexity index is 333. The molecule has 0 aliphatic carbocycles. The summed E-state index contributed by atoms with van der Waals surface area (Å²) in [6.07, 6.45) is -3.43. The first-order chi connectivity index (χ1) is 9.76. The number of halogens is 3. The number of piperidine rings is 2. The predicted octanol–water partition coefficient (Wildman–Crippen LogP) is 1.08. The number of alkyl halides is 3. The molecule has 2 saturated heterocycles. The average Bonchev–Trinajstić information content (AvgIpc) is 2.40. The molecule has 2 N–H and O–H groups in total. The van der Waals surface area contributed by atoms with E-state index in [1.54, 1.807) is 0 Å². The number of likely N-dealkylation sites (tertiary alicyclic amines) is 2. The van der Waals surface area contributed by atoms with Crippen LogP contribution in [0.3, 0.4) is 0 Å². The van der Waals surface area contributed by atoms with Gasteiger partial charge in [0.25, 0.3) is 0 Å². The van der Waals surface area contributed by atoms with Gasteiger partial charge in [0, 0.05) is 19.1 Å². The van der Waals surface area contributed by atoms with E-state index in [-0.39, 0.29) is 6.04 Å². The first kappa shape index (κ1) is 17.0. The van der Waals surface area contributed by atoms with E-state index in [1.165, 1.54) is 4.90 Å². The van der Waals surface area contributed by atoms with Crippen molar-refractivity contribution in [3.8, 4) is 0 Å². The number of aliphatic hydroxyl groups is 2. The Kier molecular flexibility index (Phi) is 5.51. The molecule has 124 valence electrons. The molecule has 2 heterocycles. The van der Waals surface area contributed by atoms with Crippen molar-refractivity contribution >= 4 is 0 Å². The van der Waals surface area contributed by atoms with Crippen molar-refractivity contribution in [2.75, 3.05) is 32.7 Å². The van der Waals surface area contributed by atoms with Crippen molar-refractivity contribution in [1.82, 2.24) is 9.80 Å². The molecule has 2 rings (SSSR count). The van der Waals surface area contributed by atoms with Crippen LogP contribution in [0.1, 0.15) is 26.2 Å². The van der Waals surface area contributed by atoms with E-state index in [4.69, 9.17) is 0 Å². The van der Waals surface area contributed by atoms with Gasteiger partial charge in [-0.25, -0.2) is 0 Å². The standard InChI is InChI=1S/C14H25F3N2O2/c1-10-13(21)12(20)4-7-19(10)8-11-2-5-18(6-3-11)9-14(15,16)17/h10-13,20-21H,2-9H2,1H3/t10-,12-,13-/m1/s1. The van der Waals surface area contributed by atoms with Gasteiger partial charge in [0.1, 0.15) is 0 Å². The minimum atomic E-state index is -4.12. The largest absolute Gasteiger partial charge is 0.401 e. The highest BCUT2D eigenvalue weighted by molar-refractivity contribution is 4.88. The minimum Gasteiger partial charge on any atom is -0.390 e. The van der Waals surface area contributed by atoms with E-state index in [9.17, 15) is 23.4 Å². The third-order valence-corrected chi connectivity index (χ3v) is 4.78. The van der Waals surface area contributed by atoms with Gasteiger partial charge in [-0.15, -0.1) is 0 Å². The van der Waals surface area contributed by atoms with Crippen molar-refractivity contribution in [2.45, 2.75) is 50.6 Å². The summed E-state index contributed by atoms with van der Waals surface area (Å²) < 4.78 is 37.0. The number of hydrogen-bond acceptors (Lipinski definition) is 4. The monoisotopic (exact) mass is 310 g/mol. The van der Waals surface area contributed by atoms with E-state index >= 15 is 0 Å². The van der Waals surface area contributed by atoms with Gasteiger partial charge in [0.2, 0.25) is 0 Å². The van der Waals surface area contributed by atoms with Gasteiger partial charge in [-0.2, -0.15) is 13.2 Å². The molecule has 0 aromatic rings. The fourth-order valence-electron chi connectivity index (χ4n) is 3.38. The zero-order valence-electron chi connectivity index (χ0n) is 12.4. The smallest absolute Gasteiger partial charge is 0.390 e. The minimum absolute atomic E-state index is 0.0954. The van der Waals surface area contributed by atoms with Crippen LogP contribution < -0.4 is 0 Å². The van der Waals surface area contributed by atoms with Crippen LogP contribution in [0, 0.1) is 5.92 Å². The van der Waals surface area contributed by atoms with Gasteiger partial charge in [-0.05, 0) is 45.2 Å². The Labute approximate surface area is 123 Å². The highest BCUT2D eigenvalue weighted by Crippen LogP contribution is 2.25. The quantitative estimate of drug-likeness (QED) is 0.819. The van der Waals surface area contributed by atoms with E-state index in [1.807, 2.05) is 6.92 Å². The Hall–Kier alpha value is -0.370. The molecule has 0 aromatic carbocycles. The third-order valence-electron chi connectivity index (χ3n) is 4.78. The molecule has 21 heavy (non-hydrogen) atoms. The van der Waals surface area contributed by atoms with Crippen LogP contribution in [-0.4, -0.2) is 77.2 Å². The topological polar surface area (TPSA) is 46.9 Å². The molecule has 7 heteroatoms. The molecule has 0 radical (unpaired) electrons. The van der Waals surface area contributed by atoms with Crippen LogP contribution in [0.5, 0.6) is 0 Å². The van der Waals surface area contributed by atoms with E-state index in [0.29, 0.717) is 25.4 Å². The Morgan fingerprint density at radius 2 is 1.67 bits per heavy atom. The molecule has 0 amide bonds. The van der Waals surface area contributed by atoms with Gasteiger partial charge in [0.05, 0.1) is 18.8 Å². The molecule has 0 aromatic heterocycles. The molecular formula is C14H25F3N2O2. The molecule has 4 nitrogen and oxygen atoms in total. The summed E-state index contributed by atoms with van der Waals surface area (Å²) in [5.74, 6) is 0.374. The zero-order valence-corrected chi connectivity index (χ0v) is 12.4. The lowest BCUT2D eigenvalue weighted by Gasteiger charge is -2.42. The lowest BCUT2D eigenvalue weighted by Crippen LogP contribution is -2.54. The van der Waals surface area contributed by atoms with Crippen LogP contribution in [-0.2, 0) is 0 Å². The normalized spacial score (nSPS) is 34.3. The summed E-state index contributed by atoms with van der Waals surface area (Å²) in [7, 11) is 0. The lowest BCUT2D eigenvalue weighted by atomic mass is 9.92. The maximum atomic E-state index is 12.3. The number of nitrogens with zero attached hydrogens (tertiary/aromatic N) is 2. The predicted molar refractivity (Wildman–Crippen MR) is 72.9 cm³/mol. The van der Waals surface area contributed by atoms with Crippen LogP contribution in [0.25, 0.3) is 0 Å². The van der Waals surface area contributed by atoms with Crippen LogP contribution in [0.15, 0.2) is 0 Å². The van der Waals surface area contributed by atoms with Crippen molar-refractivity contribution in [1.29, 1.82) is 0 Å². The highest BCUT2D eigenvalue weighted by atomic mass is 19.4. The summed E-state index contributed by atoms with van der Waals surface area (Å²) in [6, 6.07) is -0.0954. The molecule has 0 bridgehead atoms. The van der Waals surface area contributed by atoms with Gasteiger partial charge in [-0.1, -0.05) is 0 Å². The lowest BCUT2D eigenvalue weighted by molar-refractivity contribution is -0.149. The molecule has 0 unspecified atom stereocenters. The molecule has 2 aliphatic rings. The van der Waals surface area contributed by atoms with Gasteiger partial charge in [0.15, 0.2) is 0 Å². The van der Waals surface area contributed by atoms with Gasteiger partial charge < -0.3 is 10.2 Å². The fourth-order valence-corrected chi connectivity index (χ4v) is 3.38. The molecule has 0 saturated carbocycles. The van der Waals surface area contributed by atoms with Crippen LogP contribution in [0.2, 0.25) is 0 Å². The average molecular weight is 310 g/mol. The van der Waals surface area contributed by atoms with Crippen molar-refractivity contribution in [3.63, 3.8) is 0 Å². The first-order valence-corrected chi connectivity index (χ1v) is 7.65. The molecule has 0 spiro atoms. The Morgan fingerprint density at radius 3 is 2.24 bits per heavy atom. The molecule has 2 fully saturated rings. The second kappa shape index (κ2) is 6.81. The summed E-state index contributed by atoms with van der Waals surface area (Å²) >= 11 is 0. The molecular weight excluding hydrogens is 285 g/mol. The fraction of sp³-hybridized carbons (Fsp3) is 1.00. The first-order valence-electron chi connectivity index (χ1n) is 7.65. The second-order valence-corrected chi connectivity index (χ2v) is 6.42. The third kappa shape index (κ3) is 4.81. The van der Waals surface area contributed by atoms with E-state index < -0.39 is 24.9 Å². The summed E-state index contributed by atoms with van der Waals surface area (Å²) in [4.78, 5) is 3.62. The van der Waals surface area contributed by atoms with E-state index in [0.717, 1.165) is 25.9 Å². The maximum Gasteiger partial charge on any atom is 0.401 e. The van der Waals surface area contributed by atoms with E-state index in [2.05, 4.69) is 4.90 Å². The SMILES string of the molecule is C[C@@H]1[C@@H](O)[C@H](O)CCN1CC1CCN(CC(F)(F)F)CC1. The van der Waals surface area contributed by atoms with Crippen molar-refractivity contribution in [3.05, 3.63) is 0 Å². The van der Waals surface area contributed by atoms with Crippen molar-refractivity contribution in [2.24, 2.45) is 5.92 Å². The number of rotatable bonds is 3. The van der Waals surface area contributed by atoms with Crippen LogP contribution in [0.4, 0.5) is 13.2 Å². The Morgan fingerprint density at radius 1 is 1.05 bits per heavy atom. The van der Waals surface area contributed by atoms with Crippen LogP contribution >= 0.6 is 0 Å². The van der Waals surface area contributed by atoms with Gasteiger partial charge >= 0.3 is 6.18 Å². The summed E-state index contributed by atoms with van der Waals surface area (Å²) in [5.41, 5.74) is 0. The second-order valence-electron chi connectivity index (χ2n) is 6.42. The number of aliphatic hydroxyl groups excluding tert-OH is 2. The highest BCUT2D eigenvalue weighted by Gasteiger charge is 2.36. The van der Waals surface area contributed by atoms with Crippen molar-refractivity contribution < 1.29 is 23.4 Å². The maximum absolute atomic E-state index is 12.3. The summed E-state index contributed by atoms with van der Waals surface area (Å²) in [6.45, 7) is 3.58. The molecule has 3 atom stereocenters. The Balaban J connectivity index is 1.76. The summed E-state index contributed by atoms with van der Waals surface area (Å²) in [5, 5.41) is 19.5. The molecule has 2 aliphatic heterocycles.